The second-order valence-corrected chi connectivity index (χ2v) is 5.74. The highest BCUT2D eigenvalue weighted by Crippen LogP contribution is 2.39. The molecule has 20 heavy (non-hydrogen) atoms. The molecule has 5 nitrogen and oxygen atoms in total. The molecule has 6 heteroatoms. The van der Waals surface area contributed by atoms with E-state index < -0.39 is 11.0 Å². The highest BCUT2D eigenvalue weighted by atomic mass is 35.5. The number of aromatic nitrogens is 3. The number of aldehydes is 1. The van der Waals surface area contributed by atoms with Gasteiger partial charge in [0, 0.05) is 5.02 Å². The van der Waals surface area contributed by atoms with Gasteiger partial charge in [0.05, 0.1) is 12.0 Å². The maximum atomic E-state index is 11.4. The van der Waals surface area contributed by atoms with E-state index in [2.05, 4.69) is 10.1 Å². The van der Waals surface area contributed by atoms with Gasteiger partial charge in [-0.05, 0) is 31.5 Å². The van der Waals surface area contributed by atoms with Gasteiger partial charge in [0.1, 0.15) is 24.5 Å². The maximum Gasteiger partial charge on any atom is 0.137 e. The van der Waals surface area contributed by atoms with Gasteiger partial charge in [0.15, 0.2) is 0 Å². The largest absolute Gasteiger partial charge is 0.382 e. The summed E-state index contributed by atoms with van der Waals surface area (Å²) in [6, 6.07) is 6.79. The van der Waals surface area contributed by atoms with E-state index in [1.807, 2.05) is 0 Å². The summed E-state index contributed by atoms with van der Waals surface area (Å²) in [6.07, 6.45) is 3.64. The van der Waals surface area contributed by atoms with Crippen LogP contribution >= 0.6 is 11.6 Å². The first-order chi connectivity index (χ1) is 9.39. The summed E-state index contributed by atoms with van der Waals surface area (Å²) in [5.41, 5.74) is -1.80. The van der Waals surface area contributed by atoms with Crippen molar-refractivity contribution in [3.63, 3.8) is 0 Å². The third kappa shape index (κ3) is 2.59. The van der Waals surface area contributed by atoms with E-state index in [4.69, 9.17) is 11.6 Å². The average molecular weight is 294 g/mol. The maximum absolute atomic E-state index is 11.4. The molecule has 0 saturated carbocycles. The van der Waals surface area contributed by atoms with Gasteiger partial charge in [-0.15, -0.1) is 0 Å². The molecule has 1 heterocycles. The Hall–Kier alpha value is -1.72. The Morgan fingerprint density at radius 1 is 1.35 bits per heavy atom. The fourth-order valence-electron chi connectivity index (χ4n) is 2.04. The molecule has 0 aliphatic carbocycles. The molecule has 0 amide bonds. The van der Waals surface area contributed by atoms with Crippen LogP contribution in [-0.2, 0) is 16.9 Å². The first-order valence-corrected chi connectivity index (χ1v) is 6.54. The van der Waals surface area contributed by atoms with Crippen LogP contribution in [0.5, 0.6) is 0 Å². The number of rotatable bonds is 5. The van der Waals surface area contributed by atoms with Gasteiger partial charge in [-0.25, -0.2) is 9.67 Å². The van der Waals surface area contributed by atoms with Gasteiger partial charge in [-0.2, -0.15) is 5.10 Å². The van der Waals surface area contributed by atoms with Gasteiger partial charge in [0.25, 0.3) is 0 Å². The average Bonchev–Trinajstić information content (AvgIpc) is 2.91. The second-order valence-electron chi connectivity index (χ2n) is 5.30. The van der Waals surface area contributed by atoms with Crippen molar-refractivity contribution in [2.24, 2.45) is 5.41 Å². The number of hydrogen-bond acceptors (Lipinski definition) is 4. The highest BCUT2D eigenvalue weighted by molar-refractivity contribution is 6.30. The molecule has 1 atom stereocenters. The molecule has 0 fully saturated rings. The number of carbonyl (C=O) groups excluding carboxylic acids is 1. The Morgan fingerprint density at radius 2 is 2.00 bits per heavy atom. The summed E-state index contributed by atoms with van der Waals surface area (Å²) in [6.45, 7) is 3.50. The van der Waals surface area contributed by atoms with Crippen LogP contribution in [0, 0.1) is 5.41 Å². The van der Waals surface area contributed by atoms with Crippen LogP contribution in [0.2, 0.25) is 5.02 Å². The molecule has 0 aliphatic heterocycles. The van der Waals surface area contributed by atoms with E-state index in [0.717, 1.165) is 6.29 Å². The molecule has 106 valence electrons. The van der Waals surface area contributed by atoms with Crippen molar-refractivity contribution in [2.45, 2.75) is 26.0 Å². The normalized spacial score (nSPS) is 14.8. The molecule has 2 aromatic rings. The van der Waals surface area contributed by atoms with Gasteiger partial charge in [-0.1, -0.05) is 23.7 Å². The lowest BCUT2D eigenvalue weighted by molar-refractivity contribution is -0.136. The zero-order valence-electron chi connectivity index (χ0n) is 11.3. The number of hydrogen-bond donors (Lipinski definition) is 1. The van der Waals surface area contributed by atoms with E-state index in [0.29, 0.717) is 10.6 Å². The number of nitrogens with zero attached hydrogens (tertiary/aromatic N) is 3. The third-order valence-corrected chi connectivity index (χ3v) is 3.79. The molecule has 2 rings (SSSR count). The number of halogens is 1. The predicted molar refractivity (Wildman–Crippen MR) is 75.2 cm³/mol. The molecule has 1 N–H and O–H groups in total. The van der Waals surface area contributed by atoms with Crippen LogP contribution in [0.15, 0.2) is 36.9 Å². The Balaban J connectivity index is 2.48. The smallest absolute Gasteiger partial charge is 0.137 e. The summed E-state index contributed by atoms with van der Waals surface area (Å²) in [4.78, 5) is 15.3. The summed E-state index contributed by atoms with van der Waals surface area (Å²) >= 11 is 5.87. The zero-order chi connectivity index (χ0) is 14.8. The predicted octanol–water partition coefficient (Wildman–Crippen LogP) is 2.04. The topological polar surface area (TPSA) is 68.0 Å². The van der Waals surface area contributed by atoms with Crippen LogP contribution < -0.4 is 0 Å². The van der Waals surface area contributed by atoms with Crippen molar-refractivity contribution in [2.75, 3.05) is 0 Å². The molecule has 0 saturated heterocycles. The number of aliphatic hydroxyl groups is 1. The van der Waals surface area contributed by atoms with Crippen molar-refractivity contribution in [3.05, 3.63) is 47.5 Å². The fraction of sp³-hybridized carbons (Fsp3) is 0.357. The Bertz CT molecular complexity index is 581. The minimum absolute atomic E-state index is 0.125. The molecule has 0 aliphatic rings. The van der Waals surface area contributed by atoms with Crippen molar-refractivity contribution >= 4 is 17.9 Å². The quantitative estimate of drug-likeness (QED) is 0.857. The van der Waals surface area contributed by atoms with Crippen molar-refractivity contribution in [1.82, 2.24) is 14.8 Å². The van der Waals surface area contributed by atoms with E-state index >= 15 is 0 Å². The van der Waals surface area contributed by atoms with Gasteiger partial charge < -0.3 is 9.90 Å². The lowest BCUT2D eigenvalue weighted by atomic mass is 9.71. The monoisotopic (exact) mass is 293 g/mol. The van der Waals surface area contributed by atoms with Crippen molar-refractivity contribution in [3.8, 4) is 0 Å². The minimum atomic E-state index is -1.41. The van der Waals surface area contributed by atoms with E-state index in [-0.39, 0.29) is 6.54 Å². The van der Waals surface area contributed by atoms with Crippen LogP contribution in [-0.4, -0.2) is 26.2 Å². The van der Waals surface area contributed by atoms with Crippen LogP contribution in [0.1, 0.15) is 19.4 Å². The van der Waals surface area contributed by atoms with Gasteiger partial charge in [0.2, 0.25) is 0 Å². The highest BCUT2D eigenvalue weighted by Gasteiger charge is 2.45. The van der Waals surface area contributed by atoms with E-state index in [1.54, 1.807) is 38.1 Å². The summed E-state index contributed by atoms with van der Waals surface area (Å²) in [5.74, 6) is 0. The van der Waals surface area contributed by atoms with Crippen molar-refractivity contribution < 1.29 is 9.90 Å². The Labute approximate surface area is 122 Å². The van der Waals surface area contributed by atoms with Gasteiger partial charge in [-0.3, -0.25) is 0 Å². The second kappa shape index (κ2) is 5.34. The van der Waals surface area contributed by atoms with E-state index in [9.17, 15) is 9.90 Å². The first kappa shape index (κ1) is 14.7. The molecule has 0 spiro atoms. The Kier molecular flexibility index (Phi) is 3.92. The van der Waals surface area contributed by atoms with E-state index in [1.165, 1.54) is 17.3 Å². The van der Waals surface area contributed by atoms with Gasteiger partial charge >= 0.3 is 0 Å². The van der Waals surface area contributed by atoms with Crippen LogP contribution in [0.3, 0.4) is 0 Å². The lowest BCUT2D eigenvalue weighted by Crippen LogP contribution is -2.46. The third-order valence-electron chi connectivity index (χ3n) is 3.54. The first-order valence-electron chi connectivity index (χ1n) is 6.16. The molecule has 0 bridgehead atoms. The summed E-state index contributed by atoms with van der Waals surface area (Å²) in [7, 11) is 0. The van der Waals surface area contributed by atoms with Crippen LogP contribution in [0.25, 0.3) is 0 Å². The lowest BCUT2D eigenvalue weighted by Gasteiger charge is -2.39. The molecule has 0 radical (unpaired) electrons. The summed E-state index contributed by atoms with van der Waals surface area (Å²) in [5, 5.41) is 15.7. The minimum Gasteiger partial charge on any atom is -0.382 e. The fourth-order valence-corrected chi connectivity index (χ4v) is 2.16. The standard InChI is InChI=1S/C14H16ClN3O2/c1-13(2,8-19)14(20,7-18-10-16-9-17-18)11-3-5-12(15)6-4-11/h3-6,8-10,20H,7H2,1-2H3. The number of carbonyl (C=O) groups is 1. The summed E-state index contributed by atoms with van der Waals surface area (Å²) < 4.78 is 1.50. The molecular formula is C14H16ClN3O2. The van der Waals surface area contributed by atoms with Crippen LogP contribution in [0.4, 0.5) is 0 Å². The molecule has 1 aromatic heterocycles. The SMILES string of the molecule is CC(C)(C=O)C(O)(Cn1cncn1)c1ccc(Cl)cc1. The zero-order valence-corrected chi connectivity index (χ0v) is 12.1. The molecule has 1 aromatic carbocycles. The van der Waals surface area contributed by atoms with Crippen molar-refractivity contribution in [1.29, 1.82) is 0 Å². The Morgan fingerprint density at radius 3 is 2.50 bits per heavy atom. The number of benzene rings is 1. The molecular weight excluding hydrogens is 278 g/mol. The molecule has 1 unspecified atom stereocenters.